The van der Waals surface area contributed by atoms with Crippen molar-refractivity contribution in [3.8, 4) is 0 Å². The third-order valence-corrected chi connectivity index (χ3v) is 3.59. The maximum absolute atomic E-state index is 12.7. The van der Waals surface area contributed by atoms with Gasteiger partial charge >= 0.3 is 0 Å². The highest BCUT2D eigenvalue weighted by atomic mass is 32.2. The summed E-state index contributed by atoms with van der Waals surface area (Å²) in [6.45, 7) is 1.93. The first-order valence-electron chi connectivity index (χ1n) is 4.31. The number of amides is 1. The van der Waals surface area contributed by atoms with E-state index in [0.29, 0.717) is 5.75 Å². The highest BCUT2D eigenvalue weighted by molar-refractivity contribution is 8.01. The lowest BCUT2D eigenvalue weighted by atomic mass is 10.1. The van der Waals surface area contributed by atoms with Gasteiger partial charge in [0, 0.05) is 0 Å². The normalized spacial score (nSPS) is 26.3. The monoisotopic (exact) mass is 211 g/mol. The zero-order valence-electron chi connectivity index (χ0n) is 7.71. The summed E-state index contributed by atoms with van der Waals surface area (Å²) in [5.41, 5.74) is 0.926. The Morgan fingerprint density at radius 1 is 1.43 bits per heavy atom. The van der Waals surface area contributed by atoms with Crippen molar-refractivity contribution in [3.63, 3.8) is 0 Å². The molecule has 1 aromatic rings. The van der Waals surface area contributed by atoms with Crippen LogP contribution in [0.2, 0.25) is 0 Å². The Labute approximate surface area is 85.9 Å². The molecule has 14 heavy (non-hydrogen) atoms. The molecule has 0 saturated carbocycles. The van der Waals surface area contributed by atoms with Gasteiger partial charge in [0.15, 0.2) is 0 Å². The van der Waals surface area contributed by atoms with Crippen molar-refractivity contribution < 1.29 is 9.18 Å². The summed E-state index contributed by atoms with van der Waals surface area (Å²) in [5.74, 6) is 0.238. The predicted molar refractivity (Wildman–Crippen MR) is 54.4 cm³/mol. The highest BCUT2D eigenvalue weighted by Crippen LogP contribution is 2.37. The largest absolute Gasteiger partial charge is 0.337 e. The van der Waals surface area contributed by atoms with Crippen LogP contribution in [0.3, 0.4) is 0 Å². The number of hydrogen-bond donors (Lipinski definition) is 1. The number of thioether (sulfide) groups is 1. The number of carbonyl (C=O) groups is 1. The lowest BCUT2D eigenvalue weighted by Gasteiger charge is -2.23. The van der Waals surface area contributed by atoms with Crippen LogP contribution in [0, 0.1) is 5.82 Å². The van der Waals surface area contributed by atoms with Gasteiger partial charge in [-0.05, 0) is 24.6 Å². The van der Waals surface area contributed by atoms with Crippen molar-refractivity contribution in [3.05, 3.63) is 35.6 Å². The Hall–Kier alpha value is -1.03. The van der Waals surface area contributed by atoms with Crippen LogP contribution in [0.25, 0.3) is 0 Å². The molecule has 1 fully saturated rings. The molecule has 1 N–H and O–H groups in total. The van der Waals surface area contributed by atoms with Crippen molar-refractivity contribution in [2.75, 3.05) is 5.75 Å². The molecule has 1 aliphatic heterocycles. The summed E-state index contributed by atoms with van der Waals surface area (Å²) in [6, 6.07) is 6.22. The molecular weight excluding hydrogens is 201 g/mol. The molecule has 1 saturated heterocycles. The van der Waals surface area contributed by atoms with Gasteiger partial charge in [-0.1, -0.05) is 12.1 Å². The molecular formula is C10H10FNOS. The van der Waals surface area contributed by atoms with Crippen LogP contribution in [0.4, 0.5) is 4.39 Å². The molecule has 74 valence electrons. The van der Waals surface area contributed by atoms with Crippen molar-refractivity contribution >= 4 is 17.7 Å². The summed E-state index contributed by atoms with van der Waals surface area (Å²) in [7, 11) is 0. The third kappa shape index (κ3) is 1.62. The fourth-order valence-corrected chi connectivity index (χ4v) is 2.45. The van der Waals surface area contributed by atoms with E-state index in [9.17, 15) is 9.18 Å². The number of halogens is 1. The van der Waals surface area contributed by atoms with E-state index in [1.165, 1.54) is 23.9 Å². The first-order valence-corrected chi connectivity index (χ1v) is 5.30. The summed E-state index contributed by atoms with van der Waals surface area (Å²) in [5, 5.41) is 2.87. The number of benzene rings is 1. The van der Waals surface area contributed by atoms with E-state index in [-0.39, 0.29) is 11.7 Å². The van der Waals surface area contributed by atoms with Crippen molar-refractivity contribution in [2.24, 2.45) is 0 Å². The molecule has 0 spiro atoms. The molecule has 0 aromatic heterocycles. The van der Waals surface area contributed by atoms with E-state index in [4.69, 9.17) is 0 Å². The quantitative estimate of drug-likeness (QED) is 0.768. The predicted octanol–water partition coefficient (Wildman–Crippen LogP) is 1.86. The van der Waals surface area contributed by atoms with Gasteiger partial charge in [0.05, 0.1) is 5.75 Å². The Balaban J connectivity index is 2.30. The average Bonchev–Trinajstić information content (AvgIpc) is 2.48. The molecule has 0 unspecified atom stereocenters. The third-order valence-electron chi connectivity index (χ3n) is 2.26. The van der Waals surface area contributed by atoms with E-state index in [1.54, 1.807) is 12.1 Å². The molecule has 1 atom stereocenters. The van der Waals surface area contributed by atoms with Crippen molar-refractivity contribution in [2.45, 2.75) is 11.8 Å². The van der Waals surface area contributed by atoms with Gasteiger partial charge in [-0.25, -0.2) is 4.39 Å². The molecule has 0 aliphatic carbocycles. The van der Waals surface area contributed by atoms with Gasteiger partial charge in [0.1, 0.15) is 10.7 Å². The van der Waals surface area contributed by atoms with E-state index >= 15 is 0 Å². The summed E-state index contributed by atoms with van der Waals surface area (Å²) in [4.78, 5) is 10.7. The first-order chi connectivity index (χ1) is 6.60. The van der Waals surface area contributed by atoms with Crippen LogP contribution in [0.5, 0.6) is 0 Å². The lowest BCUT2D eigenvalue weighted by molar-refractivity contribution is -0.118. The summed E-state index contributed by atoms with van der Waals surface area (Å²) >= 11 is 1.53. The maximum atomic E-state index is 12.7. The van der Waals surface area contributed by atoms with Crippen LogP contribution in [0.1, 0.15) is 12.5 Å². The second-order valence-electron chi connectivity index (χ2n) is 3.38. The zero-order chi connectivity index (χ0) is 10.2. The number of nitrogens with one attached hydrogen (secondary N) is 1. The molecule has 2 nitrogen and oxygen atoms in total. The minimum Gasteiger partial charge on any atom is -0.337 e. The van der Waals surface area contributed by atoms with E-state index in [2.05, 4.69) is 5.32 Å². The van der Waals surface area contributed by atoms with E-state index < -0.39 is 4.87 Å². The Morgan fingerprint density at radius 3 is 2.57 bits per heavy atom. The van der Waals surface area contributed by atoms with Gasteiger partial charge < -0.3 is 5.32 Å². The van der Waals surface area contributed by atoms with Crippen LogP contribution in [-0.2, 0) is 9.67 Å². The van der Waals surface area contributed by atoms with Gasteiger partial charge in [0.25, 0.3) is 0 Å². The Morgan fingerprint density at radius 2 is 2.07 bits per heavy atom. The maximum Gasteiger partial charge on any atom is 0.231 e. The fourth-order valence-electron chi connectivity index (χ4n) is 1.47. The molecule has 1 heterocycles. The zero-order valence-corrected chi connectivity index (χ0v) is 8.53. The minimum atomic E-state index is -0.398. The van der Waals surface area contributed by atoms with Gasteiger partial charge in [0.2, 0.25) is 5.91 Å². The smallest absolute Gasteiger partial charge is 0.231 e. The molecule has 1 amide bonds. The first kappa shape index (κ1) is 9.52. The van der Waals surface area contributed by atoms with E-state index in [0.717, 1.165) is 5.56 Å². The van der Waals surface area contributed by atoms with Gasteiger partial charge in [-0.15, -0.1) is 11.8 Å². The Bertz CT molecular complexity index is 365. The van der Waals surface area contributed by atoms with Crippen LogP contribution in [0.15, 0.2) is 24.3 Å². The topological polar surface area (TPSA) is 29.1 Å². The average molecular weight is 211 g/mol. The summed E-state index contributed by atoms with van der Waals surface area (Å²) < 4.78 is 12.7. The van der Waals surface area contributed by atoms with Gasteiger partial charge in [-0.3, -0.25) is 4.79 Å². The van der Waals surface area contributed by atoms with E-state index in [1.807, 2.05) is 6.92 Å². The number of hydrogen-bond acceptors (Lipinski definition) is 2. The number of rotatable bonds is 1. The molecule has 2 rings (SSSR count). The minimum absolute atomic E-state index is 0.0295. The van der Waals surface area contributed by atoms with Crippen molar-refractivity contribution in [1.29, 1.82) is 0 Å². The Kier molecular flexibility index (Phi) is 2.23. The molecule has 1 aliphatic rings. The molecule has 0 bridgehead atoms. The fraction of sp³-hybridized carbons (Fsp3) is 0.300. The second kappa shape index (κ2) is 3.28. The van der Waals surface area contributed by atoms with Crippen LogP contribution < -0.4 is 5.32 Å². The standard InChI is InChI=1S/C10H10FNOS/c1-10(12-9(13)6-14-10)7-2-4-8(11)5-3-7/h2-5H,6H2,1H3,(H,12,13)/t10-/m1/s1. The summed E-state index contributed by atoms with van der Waals surface area (Å²) in [6.07, 6.45) is 0. The van der Waals surface area contributed by atoms with Crippen molar-refractivity contribution in [1.82, 2.24) is 5.32 Å². The van der Waals surface area contributed by atoms with Gasteiger partial charge in [-0.2, -0.15) is 0 Å². The van der Waals surface area contributed by atoms with Crippen LogP contribution >= 0.6 is 11.8 Å². The highest BCUT2D eigenvalue weighted by Gasteiger charge is 2.35. The molecule has 4 heteroatoms. The number of carbonyl (C=O) groups excluding carboxylic acids is 1. The molecule has 0 radical (unpaired) electrons. The SMILES string of the molecule is C[C@@]1(c2ccc(F)cc2)NC(=O)CS1. The van der Waals surface area contributed by atoms with Crippen LogP contribution in [-0.4, -0.2) is 11.7 Å². The molecule has 1 aromatic carbocycles. The lowest BCUT2D eigenvalue weighted by Crippen LogP contribution is -2.33. The second-order valence-corrected chi connectivity index (χ2v) is 4.77.